The normalized spacial score (nSPS) is 15.8. The van der Waals surface area contributed by atoms with Crippen LogP contribution in [0, 0.1) is 6.92 Å². The average Bonchev–Trinajstić information content (AvgIpc) is 2.96. The highest BCUT2D eigenvalue weighted by molar-refractivity contribution is 6.42. The Morgan fingerprint density at radius 3 is 2.62 bits per heavy atom. The lowest BCUT2D eigenvalue weighted by atomic mass is 10.2. The Morgan fingerprint density at radius 1 is 1.08 bits per heavy atom. The second kappa shape index (κ2) is 8.34. The predicted molar refractivity (Wildman–Crippen MR) is 98.5 cm³/mol. The first kappa shape index (κ1) is 17.7. The molecule has 1 aromatic heterocycles. The summed E-state index contributed by atoms with van der Waals surface area (Å²) < 4.78 is 7.31. The standard InChI is InChI=1S/C18H23Cl2N3O/c1-14-12-15(4-2-3-7-22-8-10-24-11-9-22)21-23(14)16-5-6-17(19)18(20)13-16/h5-6,12-13H,2-4,7-11H2,1H3. The maximum Gasteiger partial charge on any atom is 0.0664 e. The van der Waals surface area contributed by atoms with Crippen molar-refractivity contribution in [3.8, 4) is 5.69 Å². The molecule has 1 aromatic carbocycles. The molecule has 0 saturated carbocycles. The van der Waals surface area contributed by atoms with Crippen LogP contribution < -0.4 is 0 Å². The number of aromatic nitrogens is 2. The van der Waals surface area contributed by atoms with Crippen molar-refractivity contribution in [1.82, 2.24) is 14.7 Å². The molecule has 0 atom stereocenters. The van der Waals surface area contributed by atoms with Crippen molar-refractivity contribution in [2.24, 2.45) is 0 Å². The van der Waals surface area contributed by atoms with E-state index in [2.05, 4.69) is 17.9 Å². The zero-order chi connectivity index (χ0) is 16.9. The minimum absolute atomic E-state index is 0.552. The van der Waals surface area contributed by atoms with Gasteiger partial charge in [-0.05, 0) is 57.0 Å². The van der Waals surface area contributed by atoms with Gasteiger partial charge in [0.1, 0.15) is 0 Å². The number of hydrogen-bond acceptors (Lipinski definition) is 3. The van der Waals surface area contributed by atoms with Gasteiger partial charge in [0, 0.05) is 18.8 Å². The molecular formula is C18H23Cl2N3O. The van der Waals surface area contributed by atoms with Gasteiger partial charge in [-0.15, -0.1) is 0 Å². The van der Waals surface area contributed by atoms with Crippen molar-refractivity contribution >= 4 is 23.2 Å². The summed E-state index contributed by atoms with van der Waals surface area (Å²) in [7, 11) is 0. The molecule has 0 amide bonds. The Balaban J connectivity index is 1.54. The fourth-order valence-electron chi connectivity index (χ4n) is 3.01. The topological polar surface area (TPSA) is 30.3 Å². The summed E-state index contributed by atoms with van der Waals surface area (Å²) in [6.45, 7) is 7.07. The van der Waals surface area contributed by atoms with Crippen LogP contribution >= 0.6 is 23.2 Å². The molecular weight excluding hydrogens is 345 g/mol. The molecule has 130 valence electrons. The van der Waals surface area contributed by atoms with Crippen molar-refractivity contribution in [2.45, 2.75) is 26.2 Å². The number of rotatable bonds is 6. The number of morpholine rings is 1. The van der Waals surface area contributed by atoms with Crippen molar-refractivity contribution in [2.75, 3.05) is 32.8 Å². The number of ether oxygens (including phenoxy) is 1. The molecule has 0 N–H and O–H groups in total. The number of halogens is 2. The summed E-state index contributed by atoms with van der Waals surface area (Å²) in [5.41, 5.74) is 3.18. The zero-order valence-electron chi connectivity index (χ0n) is 14.0. The molecule has 2 aromatic rings. The third kappa shape index (κ3) is 4.51. The quantitative estimate of drug-likeness (QED) is 0.718. The third-order valence-electron chi connectivity index (χ3n) is 4.35. The van der Waals surface area contributed by atoms with Crippen LogP contribution in [0.25, 0.3) is 5.69 Å². The average molecular weight is 368 g/mol. The van der Waals surface area contributed by atoms with Gasteiger partial charge in [-0.2, -0.15) is 5.10 Å². The fourth-order valence-corrected chi connectivity index (χ4v) is 3.30. The summed E-state index contributed by atoms with van der Waals surface area (Å²) in [6.07, 6.45) is 3.34. The van der Waals surface area contributed by atoms with Crippen molar-refractivity contribution in [3.63, 3.8) is 0 Å². The van der Waals surface area contributed by atoms with Crippen LogP contribution in [-0.4, -0.2) is 47.5 Å². The number of nitrogens with zero attached hydrogens (tertiary/aromatic N) is 3. The first-order valence-corrected chi connectivity index (χ1v) is 9.20. The van der Waals surface area contributed by atoms with Gasteiger partial charge in [0.15, 0.2) is 0 Å². The van der Waals surface area contributed by atoms with E-state index in [9.17, 15) is 0 Å². The Labute approximate surface area is 153 Å². The monoisotopic (exact) mass is 367 g/mol. The van der Waals surface area contributed by atoms with E-state index in [0.717, 1.165) is 62.8 Å². The van der Waals surface area contributed by atoms with Crippen LogP contribution in [0.3, 0.4) is 0 Å². The summed E-state index contributed by atoms with van der Waals surface area (Å²) in [5.74, 6) is 0. The SMILES string of the molecule is Cc1cc(CCCCN2CCOCC2)nn1-c1ccc(Cl)c(Cl)c1. The molecule has 1 fully saturated rings. The van der Waals surface area contributed by atoms with Crippen LogP contribution in [0.15, 0.2) is 24.3 Å². The summed E-state index contributed by atoms with van der Waals surface area (Å²) >= 11 is 12.1. The number of unbranched alkanes of at least 4 members (excludes halogenated alkanes) is 1. The van der Waals surface area contributed by atoms with Gasteiger partial charge < -0.3 is 4.74 Å². The molecule has 1 aliphatic rings. The van der Waals surface area contributed by atoms with Gasteiger partial charge in [-0.25, -0.2) is 4.68 Å². The Kier molecular flexibility index (Phi) is 6.17. The molecule has 6 heteroatoms. The van der Waals surface area contributed by atoms with Crippen molar-refractivity contribution in [3.05, 3.63) is 45.7 Å². The summed E-state index contributed by atoms with van der Waals surface area (Å²) in [6, 6.07) is 7.75. The van der Waals surface area contributed by atoms with E-state index in [1.165, 1.54) is 6.42 Å². The van der Waals surface area contributed by atoms with Gasteiger partial charge in [-0.3, -0.25) is 4.90 Å². The van der Waals surface area contributed by atoms with E-state index in [-0.39, 0.29) is 0 Å². The molecule has 3 rings (SSSR count). The first-order chi connectivity index (χ1) is 11.6. The maximum atomic E-state index is 6.11. The number of aryl methyl sites for hydroxylation is 2. The van der Waals surface area contributed by atoms with Gasteiger partial charge >= 0.3 is 0 Å². The highest BCUT2D eigenvalue weighted by Gasteiger charge is 2.11. The highest BCUT2D eigenvalue weighted by atomic mass is 35.5. The first-order valence-electron chi connectivity index (χ1n) is 8.44. The Hall–Kier alpha value is -1.07. The molecule has 0 spiro atoms. The van der Waals surface area contributed by atoms with Gasteiger partial charge in [0.05, 0.1) is 34.6 Å². The van der Waals surface area contributed by atoms with E-state index in [0.29, 0.717) is 10.0 Å². The maximum absolute atomic E-state index is 6.11. The lowest BCUT2D eigenvalue weighted by molar-refractivity contribution is 0.0372. The summed E-state index contributed by atoms with van der Waals surface area (Å²) in [5, 5.41) is 5.83. The smallest absolute Gasteiger partial charge is 0.0664 e. The van der Waals surface area contributed by atoms with Crippen LogP contribution in [0.5, 0.6) is 0 Å². The molecule has 1 saturated heterocycles. The van der Waals surface area contributed by atoms with Gasteiger partial charge in [0.25, 0.3) is 0 Å². The van der Waals surface area contributed by atoms with Crippen LogP contribution in [-0.2, 0) is 11.2 Å². The predicted octanol–water partition coefficient (Wildman–Crippen LogP) is 4.14. The molecule has 0 bridgehead atoms. The molecule has 1 aliphatic heterocycles. The van der Waals surface area contributed by atoms with E-state index >= 15 is 0 Å². The zero-order valence-corrected chi connectivity index (χ0v) is 15.5. The number of hydrogen-bond donors (Lipinski definition) is 0. The molecule has 0 aliphatic carbocycles. The molecule has 2 heterocycles. The van der Waals surface area contributed by atoms with E-state index < -0.39 is 0 Å². The fraction of sp³-hybridized carbons (Fsp3) is 0.500. The van der Waals surface area contributed by atoms with Crippen LogP contribution in [0.1, 0.15) is 24.2 Å². The Morgan fingerprint density at radius 2 is 1.88 bits per heavy atom. The molecule has 4 nitrogen and oxygen atoms in total. The van der Waals surface area contributed by atoms with Crippen molar-refractivity contribution in [1.29, 1.82) is 0 Å². The van der Waals surface area contributed by atoms with Gasteiger partial charge in [-0.1, -0.05) is 23.2 Å². The molecule has 0 radical (unpaired) electrons. The van der Waals surface area contributed by atoms with E-state index in [1.807, 2.05) is 22.9 Å². The van der Waals surface area contributed by atoms with E-state index in [1.54, 1.807) is 0 Å². The van der Waals surface area contributed by atoms with Gasteiger partial charge in [0.2, 0.25) is 0 Å². The number of benzene rings is 1. The summed E-state index contributed by atoms with van der Waals surface area (Å²) in [4.78, 5) is 2.48. The molecule has 24 heavy (non-hydrogen) atoms. The Bertz CT molecular complexity index is 681. The minimum Gasteiger partial charge on any atom is -0.379 e. The second-order valence-corrected chi connectivity index (χ2v) is 7.01. The molecule has 0 unspecified atom stereocenters. The van der Waals surface area contributed by atoms with Crippen LogP contribution in [0.2, 0.25) is 10.0 Å². The lowest BCUT2D eigenvalue weighted by Gasteiger charge is -2.26. The third-order valence-corrected chi connectivity index (χ3v) is 5.09. The largest absolute Gasteiger partial charge is 0.379 e. The second-order valence-electron chi connectivity index (χ2n) is 6.20. The lowest BCUT2D eigenvalue weighted by Crippen LogP contribution is -2.36. The van der Waals surface area contributed by atoms with Crippen molar-refractivity contribution < 1.29 is 4.74 Å². The minimum atomic E-state index is 0.552. The highest BCUT2D eigenvalue weighted by Crippen LogP contribution is 2.25. The van der Waals surface area contributed by atoms with E-state index in [4.69, 9.17) is 33.0 Å². The van der Waals surface area contributed by atoms with Crippen LogP contribution in [0.4, 0.5) is 0 Å².